The van der Waals surface area contributed by atoms with Gasteiger partial charge in [0.15, 0.2) is 33.2 Å². The van der Waals surface area contributed by atoms with Gasteiger partial charge in [0, 0.05) is 80.9 Å². The van der Waals surface area contributed by atoms with E-state index in [1.165, 1.54) is 24.2 Å². The molecule has 3 aliphatic carbocycles. The summed E-state index contributed by atoms with van der Waals surface area (Å²) < 4.78 is 21.0. The maximum atomic E-state index is 12.5. The second-order valence-corrected chi connectivity index (χ2v) is 35.3. The molecule has 0 unspecified atom stereocenters. The fraction of sp³-hybridized carbons (Fsp3) is 0.296. The number of benzene rings is 6. The number of hydrogen-bond acceptors (Lipinski definition) is 18. The average Bonchev–Trinajstić information content (AvgIpc) is 0.769. The lowest BCUT2D eigenvalue weighted by atomic mass is 9.71. The van der Waals surface area contributed by atoms with E-state index in [-0.39, 0.29) is 44.5 Å². The number of nitriles is 1. The van der Waals surface area contributed by atoms with Crippen LogP contribution in [-0.2, 0) is 42.0 Å². The van der Waals surface area contributed by atoms with Gasteiger partial charge in [0.1, 0.15) is 39.5 Å². The van der Waals surface area contributed by atoms with Gasteiger partial charge in [-0.05, 0) is 217 Å². The number of aromatic nitrogens is 6. The molecule has 3 aliphatic rings. The molecule has 123 heavy (non-hydrogen) atoms. The smallest absolute Gasteiger partial charge is 0.412 e. The zero-order valence-electron chi connectivity index (χ0n) is 71.0. The van der Waals surface area contributed by atoms with Gasteiger partial charge in [-0.1, -0.05) is 199 Å². The van der Waals surface area contributed by atoms with Crippen molar-refractivity contribution in [1.82, 2.24) is 40.5 Å². The summed E-state index contributed by atoms with van der Waals surface area (Å²) in [5, 5.41) is 23.1. The van der Waals surface area contributed by atoms with Crippen molar-refractivity contribution in [2.24, 2.45) is 5.73 Å². The average molecular weight is 1710 g/mol. The molecule has 6 aromatic carbocycles. The van der Waals surface area contributed by atoms with E-state index in [9.17, 15) is 34.0 Å². The number of rotatable bonds is 15. The number of fused-ring (bicyclic) bond motifs is 2. The van der Waals surface area contributed by atoms with Crippen molar-refractivity contribution < 1.29 is 47.7 Å². The third-order valence-corrected chi connectivity index (χ3v) is 21.2. The summed E-state index contributed by atoms with van der Waals surface area (Å²) in [7, 11) is 0. The largest absolute Gasteiger partial charge is 0.444 e. The summed E-state index contributed by atoms with van der Waals surface area (Å²) in [4.78, 5) is 96.8. The number of ketones is 1. The lowest BCUT2D eigenvalue weighted by Gasteiger charge is -2.43. The van der Waals surface area contributed by atoms with E-state index in [0.29, 0.717) is 45.8 Å². The van der Waals surface area contributed by atoms with Gasteiger partial charge in [0.2, 0.25) is 0 Å². The normalized spacial score (nSPS) is 14.0. The molecule has 22 nitrogen and oxygen atoms in total. The van der Waals surface area contributed by atoms with E-state index >= 15 is 0 Å². The van der Waals surface area contributed by atoms with Crippen LogP contribution in [0.25, 0.3) is 66.6 Å². The number of ether oxygens (including phenoxy) is 4. The molecule has 12 aromatic rings. The van der Waals surface area contributed by atoms with Crippen molar-refractivity contribution >= 4 is 104 Å². The summed E-state index contributed by atoms with van der Waals surface area (Å²) in [6, 6.07) is 69.5. The quantitative estimate of drug-likeness (QED) is 0.0276. The number of halogens is 3. The molecule has 0 bridgehead atoms. The number of pyridine rings is 6. The van der Waals surface area contributed by atoms with E-state index < -0.39 is 46.2 Å². The third-order valence-electron chi connectivity index (χ3n) is 20.3. The number of nitrogens with two attached hydrogens (primary N) is 1. The molecule has 0 saturated heterocycles. The Morgan fingerprint density at radius 1 is 0.447 bits per heavy atom. The Morgan fingerprint density at radius 2 is 0.862 bits per heavy atom. The van der Waals surface area contributed by atoms with Crippen LogP contribution in [0.3, 0.4) is 0 Å². The van der Waals surface area contributed by atoms with Crippen LogP contribution in [0.5, 0.6) is 0 Å². The molecule has 0 spiro atoms. The molecule has 15 rings (SSSR count). The number of carbonyl (C=O) groups excluding carboxylic acids is 6. The van der Waals surface area contributed by atoms with Gasteiger partial charge in [-0.2, -0.15) is 5.26 Å². The number of alkyl carbamates (subject to hydrolysis) is 2. The van der Waals surface area contributed by atoms with Crippen LogP contribution in [0, 0.1) is 11.3 Å². The minimum Gasteiger partial charge on any atom is -0.444 e. The van der Waals surface area contributed by atoms with E-state index in [1.807, 2.05) is 145 Å². The summed E-state index contributed by atoms with van der Waals surface area (Å²) >= 11 is 17.9. The molecule has 25 heteroatoms. The van der Waals surface area contributed by atoms with Crippen LogP contribution in [0.4, 0.5) is 30.6 Å². The molecule has 3 saturated carbocycles. The van der Waals surface area contributed by atoms with Gasteiger partial charge < -0.3 is 35.3 Å². The number of anilines is 2. The number of Topliss-reactive ketones (excluding diaryl/α,β-unsaturated/α-hetero) is 1. The van der Waals surface area contributed by atoms with Crippen LogP contribution in [-0.4, -0.2) is 88.8 Å². The molecule has 6 N–H and O–H groups in total. The summed E-state index contributed by atoms with van der Waals surface area (Å²) in [5.74, 6) is 0.0931. The van der Waals surface area contributed by atoms with Crippen molar-refractivity contribution in [3.05, 3.63) is 286 Å². The molecule has 0 radical (unpaired) electrons. The number of hydrogen-bond donors (Lipinski definition) is 5. The highest BCUT2D eigenvalue weighted by molar-refractivity contribution is 6.34. The Morgan fingerprint density at radius 3 is 1.31 bits per heavy atom. The Balaban J connectivity index is 0.000000155. The van der Waals surface area contributed by atoms with E-state index in [1.54, 1.807) is 72.3 Å². The number of amides is 4. The molecule has 0 aliphatic heterocycles. The van der Waals surface area contributed by atoms with Crippen LogP contribution < -0.4 is 27.0 Å². The van der Waals surface area contributed by atoms with E-state index in [0.717, 1.165) is 124 Å². The lowest BCUT2D eigenvalue weighted by molar-refractivity contribution is 0.0365. The Kier molecular flexibility index (Phi) is 29.3. The fourth-order valence-corrected chi connectivity index (χ4v) is 14.6. The van der Waals surface area contributed by atoms with Gasteiger partial charge in [-0.15, -0.1) is 0 Å². The van der Waals surface area contributed by atoms with E-state index in [4.69, 9.17) is 69.5 Å². The number of nitrogens with one attached hydrogen (secondary N) is 4. The maximum absolute atomic E-state index is 12.5. The summed E-state index contributed by atoms with van der Waals surface area (Å²) in [5.41, 5.74) is 18.6. The first-order valence-corrected chi connectivity index (χ1v) is 41.7. The Labute approximate surface area is 732 Å². The van der Waals surface area contributed by atoms with Gasteiger partial charge in [0.05, 0.1) is 33.8 Å². The Hall–Kier alpha value is -12.5. The first-order chi connectivity index (χ1) is 58.4. The van der Waals surface area contributed by atoms with Crippen LogP contribution in [0.2, 0.25) is 15.5 Å². The molecule has 0 atom stereocenters. The summed E-state index contributed by atoms with van der Waals surface area (Å²) in [6.07, 6.45) is 14.2. The van der Waals surface area contributed by atoms with Crippen LogP contribution >= 0.6 is 34.8 Å². The molecule has 6 aromatic heterocycles. The van der Waals surface area contributed by atoms with Gasteiger partial charge in [0.25, 0.3) is 0 Å². The molecule has 3 fully saturated rings. The van der Waals surface area contributed by atoms with Crippen molar-refractivity contribution in [3.63, 3.8) is 0 Å². The minimum atomic E-state index is -0.685. The van der Waals surface area contributed by atoms with Crippen molar-refractivity contribution in [1.29, 1.82) is 5.26 Å². The molecule has 4 amide bonds. The highest BCUT2D eigenvalue weighted by Gasteiger charge is 2.43. The number of carbonyl (C=O) groups is 6. The lowest BCUT2D eigenvalue weighted by Crippen LogP contribution is -2.52. The third kappa shape index (κ3) is 24.7. The molecule has 6 heterocycles. The van der Waals surface area contributed by atoms with E-state index in [2.05, 4.69) is 132 Å². The van der Waals surface area contributed by atoms with Crippen molar-refractivity contribution in [2.75, 3.05) is 10.6 Å². The maximum Gasteiger partial charge on any atom is 0.412 e. The van der Waals surface area contributed by atoms with Crippen molar-refractivity contribution in [2.45, 2.75) is 186 Å². The molecular formula is C98H101Cl3N12O10. The first-order valence-electron chi connectivity index (χ1n) is 40.6. The van der Waals surface area contributed by atoms with Crippen molar-refractivity contribution in [3.8, 4) is 50.8 Å². The summed E-state index contributed by atoms with van der Waals surface area (Å²) in [6.45, 7) is 21.8. The second kappa shape index (κ2) is 39.6. The Bertz CT molecular complexity index is 5780. The van der Waals surface area contributed by atoms with Crippen LogP contribution in [0.15, 0.2) is 231 Å². The minimum absolute atomic E-state index is 0.0421. The predicted molar refractivity (Wildman–Crippen MR) is 485 cm³/mol. The second-order valence-electron chi connectivity index (χ2n) is 34.2. The topological polar surface area (TPSA) is 315 Å². The zero-order chi connectivity index (χ0) is 88.5. The van der Waals surface area contributed by atoms with Crippen LogP contribution in [0.1, 0.15) is 190 Å². The highest BCUT2D eigenvalue weighted by Crippen LogP contribution is 2.46. The molecule has 634 valence electrons. The highest BCUT2D eigenvalue weighted by atomic mass is 35.5. The monoisotopic (exact) mass is 1710 g/mol. The van der Waals surface area contributed by atoms with Gasteiger partial charge in [-0.25, -0.2) is 49.1 Å². The predicted octanol–water partition coefficient (Wildman–Crippen LogP) is 23.7. The number of nitrogens with zero attached hydrogens (tertiary/aromatic N) is 7. The zero-order valence-corrected chi connectivity index (χ0v) is 73.3. The van der Waals surface area contributed by atoms with Gasteiger partial charge >= 0.3 is 24.4 Å². The molecular weight excluding hydrogens is 1610 g/mol. The SMILES string of the molecule is CC(C)(C)OC(=O)NC1(c2ccc(-c3nc4c(Cl)nccc4cc3-c3ccccc3)cc2)CCC1.CC(C)(C)OC(=O)NC1(c2ccc(C(=O)Cc3ccccc3)cc2)CCC1.CC(C)(C)OC(=O)Nc1c(C=O)ccnc1Cl.CC(C)(C)OC(=O)Nc1cccnc1Cl.N#Cc1nccc2cc(-c3ccccc3)c(-c3ccc(C4(N)CCC4)cc3)nc12. The first kappa shape index (κ1) is 91.2. The van der Waals surface area contributed by atoms with Gasteiger partial charge in [-0.3, -0.25) is 20.2 Å². The fourth-order valence-electron chi connectivity index (χ4n) is 14.0. The number of aldehydes is 1. The standard InChI is InChI=1S/C29H28ClN3O2.C25H20N4.C23H27NO3.C11H13ClN2O3.C10H13ClN2O2/c1-28(2,3)35-27(34)33-29(15-7-16-29)22-12-10-20(11-13-22)24-23(19-8-5-4-6-9-19)18-21-14-17-31-26(30)25(21)32-24;26-16-22-24-19(11-14-28-22)15-21(17-5-2-1-3-6-17)23(29-24)18-7-9-20(10-8-18)25(27)12-4-13-25;1-22(2,3)27-21(26)24-23(14-7-15-23)19-12-10-18(11-13-19)20(25)16-17-8-5-4-6-9-17;1-11(2,3)17-10(16)14-8-7(6-15)4-5-13-9(8)12;1-10(2,3)15-9(14)13-7-5-4-6-12-8(7)11/h4-6,8-14,17-18H,7,15-16H2,1-3H3,(H,33,34);1-3,5-11,14-15H,4,12-13,27H2;4-6,8-13H,7,14-16H2,1-3H3,(H,24,26);4-6H,1-3H3,(H,14,16);4-6H,1-3H3,(H,13,14).